The number of carbonyl (C=O) groups is 1. The van der Waals surface area contributed by atoms with E-state index in [2.05, 4.69) is 12.3 Å². The number of nitrogens with two attached hydrogens (primary N) is 1. The molecule has 0 saturated carbocycles. The molecule has 0 atom stereocenters. The third-order valence-electron chi connectivity index (χ3n) is 2.46. The summed E-state index contributed by atoms with van der Waals surface area (Å²) in [6.07, 6.45) is 1.05. The molecule has 0 aliphatic carbocycles. The molecule has 0 aromatic heterocycles. The number of hydrogen-bond acceptors (Lipinski definition) is 3. The van der Waals surface area contributed by atoms with Gasteiger partial charge in [-0.1, -0.05) is 6.07 Å². The van der Waals surface area contributed by atoms with Crippen molar-refractivity contribution >= 4 is 5.91 Å². The molecule has 0 saturated heterocycles. The second kappa shape index (κ2) is 6.12. The van der Waals surface area contributed by atoms with Gasteiger partial charge in [0.25, 0.3) is 0 Å². The van der Waals surface area contributed by atoms with Crippen molar-refractivity contribution in [2.45, 2.75) is 26.7 Å². The Balaban J connectivity index is 2.32. The van der Waals surface area contributed by atoms with Crippen molar-refractivity contribution in [1.29, 1.82) is 0 Å². The van der Waals surface area contributed by atoms with E-state index in [4.69, 9.17) is 10.6 Å². The molecule has 16 heavy (non-hydrogen) atoms. The van der Waals surface area contributed by atoms with E-state index in [0.29, 0.717) is 19.4 Å². The summed E-state index contributed by atoms with van der Waals surface area (Å²) in [5.74, 6) is 5.64. The summed E-state index contributed by atoms with van der Waals surface area (Å²) in [7, 11) is 0. The number of aryl methyl sites for hydroxylation is 2. The average molecular weight is 222 g/mol. The first kappa shape index (κ1) is 12.5. The maximum absolute atomic E-state index is 10.8. The number of nitrogens with one attached hydrogen (secondary N) is 1. The number of benzene rings is 1. The first-order chi connectivity index (χ1) is 7.63. The van der Waals surface area contributed by atoms with Gasteiger partial charge in [-0.05, 0) is 43.5 Å². The lowest BCUT2D eigenvalue weighted by Crippen LogP contribution is -2.29. The number of ether oxygens (including phenoxy) is 1. The lowest BCUT2D eigenvalue weighted by Gasteiger charge is -2.07. The predicted molar refractivity (Wildman–Crippen MR) is 63.0 cm³/mol. The molecule has 88 valence electrons. The third kappa shape index (κ3) is 3.90. The third-order valence-corrected chi connectivity index (χ3v) is 2.46. The van der Waals surface area contributed by atoms with E-state index in [1.165, 1.54) is 11.1 Å². The van der Waals surface area contributed by atoms with Crippen molar-refractivity contribution in [3.63, 3.8) is 0 Å². The largest absolute Gasteiger partial charge is 0.494 e. The van der Waals surface area contributed by atoms with Gasteiger partial charge in [-0.15, -0.1) is 0 Å². The van der Waals surface area contributed by atoms with Crippen molar-refractivity contribution in [3.05, 3.63) is 29.3 Å². The average Bonchev–Trinajstić information content (AvgIpc) is 2.28. The minimum absolute atomic E-state index is 0.163. The number of hydrogen-bond donors (Lipinski definition) is 2. The molecule has 1 rings (SSSR count). The molecule has 0 aliphatic heterocycles. The molecule has 0 unspecified atom stereocenters. The van der Waals surface area contributed by atoms with E-state index in [1.807, 2.05) is 25.1 Å². The molecule has 3 N–H and O–H groups in total. The van der Waals surface area contributed by atoms with Crippen LogP contribution in [0.4, 0.5) is 0 Å². The molecule has 0 bridgehead atoms. The number of carbonyl (C=O) groups excluding carboxylic acids is 1. The van der Waals surface area contributed by atoms with Gasteiger partial charge in [-0.2, -0.15) is 0 Å². The van der Waals surface area contributed by atoms with Crippen LogP contribution in [0.1, 0.15) is 24.0 Å². The maximum Gasteiger partial charge on any atom is 0.234 e. The zero-order valence-electron chi connectivity index (χ0n) is 9.75. The summed E-state index contributed by atoms with van der Waals surface area (Å²) in [4.78, 5) is 10.8. The summed E-state index contributed by atoms with van der Waals surface area (Å²) in [5, 5.41) is 0. The molecule has 4 nitrogen and oxygen atoms in total. The highest BCUT2D eigenvalue weighted by Crippen LogP contribution is 2.16. The van der Waals surface area contributed by atoms with Crippen molar-refractivity contribution in [2.24, 2.45) is 5.84 Å². The Morgan fingerprint density at radius 1 is 1.38 bits per heavy atom. The molecule has 0 aliphatic rings. The Labute approximate surface area is 95.8 Å². The van der Waals surface area contributed by atoms with E-state index < -0.39 is 0 Å². The standard InChI is InChI=1S/C12H18N2O2/c1-9-5-6-11(8-10(9)2)16-7-3-4-12(15)14-13/h5-6,8H,3-4,7,13H2,1-2H3,(H,14,15). The van der Waals surface area contributed by atoms with E-state index in [0.717, 1.165) is 5.75 Å². The summed E-state index contributed by atoms with van der Waals surface area (Å²) in [6, 6.07) is 5.96. The number of rotatable bonds is 5. The summed E-state index contributed by atoms with van der Waals surface area (Å²) in [6.45, 7) is 4.63. The van der Waals surface area contributed by atoms with Crippen molar-refractivity contribution in [1.82, 2.24) is 5.43 Å². The van der Waals surface area contributed by atoms with Crippen LogP contribution in [0.3, 0.4) is 0 Å². The van der Waals surface area contributed by atoms with Crippen molar-refractivity contribution in [2.75, 3.05) is 6.61 Å². The van der Waals surface area contributed by atoms with E-state index in [-0.39, 0.29) is 5.91 Å². The SMILES string of the molecule is Cc1ccc(OCCCC(=O)NN)cc1C. The van der Waals surface area contributed by atoms with Gasteiger partial charge in [0.05, 0.1) is 6.61 Å². The number of amides is 1. The zero-order chi connectivity index (χ0) is 12.0. The highest BCUT2D eigenvalue weighted by Gasteiger charge is 2.00. The Bertz CT molecular complexity index is 364. The van der Waals surface area contributed by atoms with Crippen molar-refractivity contribution in [3.8, 4) is 5.75 Å². The Morgan fingerprint density at radius 3 is 2.75 bits per heavy atom. The Morgan fingerprint density at radius 2 is 2.12 bits per heavy atom. The molecular weight excluding hydrogens is 204 g/mol. The molecule has 1 aromatic rings. The fourth-order valence-electron chi connectivity index (χ4n) is 1.30. The molecule has 1 aromatic carbocycles. The molecular formula is C12H18N2O2. The first-order valence-electron chi connectivity index (χ1n) is 5.33. The lowest BCUT2D eigenvalue weighted by atomic mass is 10.1. The van der Waals surface area contributed by atoms with Gasteiger partial charge in [0, 0.05) is 6.42 Å². The molecule has 0 heterocycles. The minimum Gasteiger partial charge on any atom is -0.494 e. The van der Waals surface area contributed by atoms with E-state index in [1.54, 1.807) is 0 Å². The van der Waals surface area contributed by atoms with Gasteiger partial charge < -0.3 is 4.74 Å². The molecule has 4 heteroatoms. The predicted octanol–water partition coefficient (Wildman–Crippen LogP) is 1.45. The van der Waals surface area contributed by atoms with Crippen LogP contribution in [0.25, 0.3) is 0 Å². The first-order valence-corrected chi connectivity index (χ1v) is 5.33. The molecule has 0 fully saturated rings. The van der Waals surface area contributed by atoms with Crippen molar-refractivity contribution < 1.29 is 9.53 Å². The fourth-order valence-corrected chi connectivity index (χ4v) is 1.30. The fraction of sp³-hybridized carbons (Fsp3) is 0.417. The van der Waals surface area contributed by atoms with Crippen LogP contribution in [-0.4, -0.2) is 12.5 Å². The quantitative estimate of drug-likeness (QED) is 0.343. The highest BCUT2D eigenvalue weighted by atomic mass is 16.5. The van der Waals surface area contributed by atoms with Gasteiger partial charge >= 0.3 is 0 Å². The summed E-state index contributed by atoms with van der Waals surface area (Å²) in [5.41, 5.74) is 4.54. The number of hydrazine groups is 1. The van der Waals surface area contributed by atoms with Crippen LogP contribution >= 0.6 is 0 Å². The van der Waals surface area contributed by atoms with Crippen LogP contribution in [0, 0.1) is 13.8 Å². The van der Waals surface area contributed by atoms with Gasteiger partial charge in [0.1, 0.15) is 5.75 Å². The molecule has 0 spiro atoms. The molecule has 1 amide bonds. The minimum atomic E-state index is -0.163. The normalized spacial score (nSPS) is 9.94. The van der Waals surface area contributed by atoms with Crippen LogP contribution < -0.4 is 16.0 Å². The van der Waals surface area contributed by atoms with E-state index >= 15 is 0 Å². The monoisotopic (exact) mass is 222 g/mol. The highest BCUT2D eigenvalue weighted by molar-refractivity contribution is 5.75. The van der Waals surface area contributed by atoms with Gasteiger partial charge in [-0.25, -0.2) is 5.84 Å². The topological polar surface area (TPSA) is 64.3 Å². The smallest absolute Gasteiger partial charge is 0.234 e. The lowest BCUT2D eigenvalue weighted by molar-refractivity contribution is -0.121. The van der Waals surface area contributed by atoms with E-state index in [9.17, 15) is 4.79 Å². The second-order valence-electron chi connectivity index (χ2n) is 3.77. The van der Waals surface area contributed by atoms with Crippen LogP contribution in [-0.2, 0) is 4.79 Å². The second-order valence-corrected chi connectivity index (χ2v) is 3.77. The Kier molecular flexibility index (Phi) is 4.79. The van der Waals surface area contributed by atoms with Gasteiger partial charge in [-0.3, -0.25) is 10.2 Å². The van der Waals surface area contributed by atoms with Gasteiger partial charge in [0.2, 0.25) is 5.91 Å². The maximum atomic E-state index is 10.8. The molecule has 0 radical (unpaired) electrons. The van der Waals surface area contributed by atoms with Crippen LogP contribution in [0.5, 0.6) is 5.75 Å². The summed E-state index contributed by atoms with van der Waals surface area (Å²) >= 11 is 0. The summed E-state index contributed by atoms with van der Waals surface area (Å²) < 4.78 is 5.52. The Hall–Kier alpha value is -1.55. The van der Waals surface area contributed by atoms with Gasteiger partial charge in [0.15, 0.2) is 0 Å². The van der Waals surface area contributed by atoms with Crippen LogP contribution in [0.2, 0.25) is 0 Å². The van der Waals surface area contributed by atoms with Crippen LogP contribution in [0.15, 0.2) is 18.2 Å². The zero-order valence-corrected chi connectivity index (χ0v) is 9.75.